The van der Waals surface area contributed by atoms with Gasteiger partial charge in [-0.15, -0.1) is 0 Å². The molecule has 0 aliphatic rings. The highest BCUT2D eigenvalue weighted by Crippen LogP contribution is 2.38. The highest BCUT2D eigenvalue weighted by Gasteiger charge is 2.33. The quantitative estimate of drug-likeness (QED) is 0.196. The van der Waals surface area contributed by atoms with Crippen LogP contribution >= 0.6 is 31.9 Å². The number of carbonyl (C=O) groups excluding carboxylic acids is 1. The maximum absolute atomic E-state index is 12.8. The Balaban J connectivity index is 2.46. The average molecular weight is 628 g/mol. The molecule has 0 saturated heterocycles. The molecule has 2 atom stereocenters. The number of nitro groups is 2. The molecule has 0 aliphatic carbocycles. The predicted octanol–water partition coefficient (Wildman–Crippen LogP) is 5.00. The standard InChI is InChI=1S/C21H16Br2N4O9/c1-33-9-17(19-13(22)3-11(7-24)5-15(19)26(29)30)35-21(28)36-18(10-34-2)20-14(23)4-12(8-25)6-16(20)27(31)32/h3-6,17-18H,9-10H2,1-2H3. The Kier molecular flexibility index (Phi) is 10.2. The van der Waals surface area contributed by atoms with Crippen molar-refractivity contribution < 1.29 is 33.6 Å². The number of nitrogens with zero attached hydrogens (tertiary/aromatic N) is 4. The normalized spacial score (nSPS) is 12.1. The van der Waals surface area contributed by atoms with Crippen molar-refractivity contribution in [1.29, 1.82) is 10.5 Å². The topological polar surface area (TPSA) is 188 Å². The molecule has 15 heteroatoms. The third kappa shape index (κ3) is 6.73. The molecule has 0 aromatic heterocycles. The van der Waals surface area contributed by atoms with Gasteiger partial charge in [-0.25, -0.2) is 4.79 Å². The Morgan fingerprint density at radius 3 is 1.50 bits per heavy atom. The Morgan fingerprint density at radius 1 is 0.861 bits per heavy atom. The van der Waals surface area contributed by atoms with Crippen LogP contribution in [0.5, 0.6) is 0 Å². The highest BCUT2D eigenvalue weighted by molar-refractivity contribution is 9.10. The molecule has 0 bridgehead atoms. The van der Waals surface area contributed by atoms with E-state index >= 15 is 0 Å². The monoisotopic (exact) mass is 626 g/mol. The molecular weight excluding hydrogens is 612 g/mol. The smallest absolute Gasteiger partial charge is 0.423 e. The van der Waals surface area contributed by atoms with Gasteiger partial charge in [-0.3, -0.25) is 20.2 Å². The van der Waals surface area contributed by atoms with Gasteiger partial charge >= 0.3 is 6.16 Å². The van der Waals surface area contributed by atoms with Gasteiger partial charge in [0.25, 0.3) is 11.4 Å². The SMILES string of the molecule is COCC(OC(=O)OC(COC)c1c(Br)cc(C#N)cc1[N+](=O)[O-])c1c(Br)cc(C#N)cc1[N+](=O)[O-]. The summed E-state index contributed by atoms with van der Waals surface area (Å²) in [4.78, 5) is 34.5. The second kappa shape index (κ2) is 12.9. The number of carbonyl (C=O) groups is 1. The summed E-state index contributed by atoms with van der Waals surface area (Å²) in [6.45, 7) is -0.647. The van der Waals surface area contributed by atoms with Crippen molar-refractivity contribution in [2.45, 2.75) is 12.2 Å². The van der Waals surface area contributed by atoms with Gasteiger partial charge in [-0.1, -0.05) is 31.9 Å². The average Bonchev–Trinajstić information content (AvgIpc) is 2.82. The fourth-order valence-electron chi connectivity index (χ4n) is 3.19. The minimum Gasteiger partial charge on any atom is -0.423 e. The first kappa shape index (κ1) is 28.6. The van der Waals surface area contributed by atoms with E-state index in [9.17, 15) is 25.0 Å². The molecule has 2 aromatic carbocycles. The minimum atomic E-state index is -1.35. The van der Waals surface area contributed by atoms with Gasteiger partial charge in [0, 0.05) is 35.3 Å². The van der Waals surface area contributed by atoms with E-state index in [-0.39, 0.29) is 44.4 Å². The Morgan fingerprint density at radius 2 is 1.22 bits per heavy atom. The Hall–Kier alpha value is -3.63. The summed E-state index contributed by atoms with van der Waals surface area (Å²) in [6.07, 6.45) is -4.05. The largest absolute Gasteiger partial charge is 0.509 e. The summed E-state index contributed by atoms with van der Waals surface area (Å²) < 4.78 is 20.9. The molecule has 0 amide bonds. The first-order valence-corrected chi connectivity index (χ1v) is 11.3. The molecule has 0 fully saturated rings. The zero-order valence-corrected chi connectivity index (χ0v) is 21.8. The number of benzene rings is 2. The molecule has 2 unspecified atom stereocenters. The van der Waals surface area contributed by atoms with Gasteiger partial charge in [0.2, 0.25) is 0 Å². The Labute approximate surface area is 220 Å². The zero-order valence-electron chi connectivity index (χ0n) is 18.6. The number of methoxy groups -OCH3 is 2. The zero-order chi connectivity index (χ0) is 27.0. The summed E-state index contributed by atoms with van der Waals surface area (Å²) in [5.74, 6) is 0. The molecule has 0 spiro atoms. The van der Waals surface area contributed by atoms with Crippen molar-refractivity contribution in [2.24, 2.45) is 0 Å². The number of halogens is 2. The number of nitro benzene ring substituents is 2. The third-order valence-electron chi connectivity index (χ3n) is 4.62. The summed E-state index contributed by atoms with van der Waals surface area (Å²) in [6, 6.07) is 8.25. The van der Waals surface area contributed by atoms with Gasteiger partial charge in [0.15, 0.2) is 12.2 Å². The van der Waals surface area contributed by atoms with Crippen LogP contribution in [0.25, 0.3) is 0 Å². The van der Waals surface area contributed by atoms with E-state index in [0.717, 1.165) is 12.1 Å². The van der Waals surface area contributed by atoms with E-state index < -0.39 is 39.6 Å². The second-order valence-corrected chi connectivity index (χ2v) is 8.60. The van der Waals surface area contributed by atoms with Crippen molar-refractivity contribution in [3.63, 3.8) is 0 Å². The van der Waals surface area contributed by atoms with Gasteiger partial charge in [-0.05, 0) is 12.1 Å². The molecule has 2 aromatic rings. The molecule has 0 radical (unpaired) electrons. The summed E-state index contributed by atoms with van der Waals surface area (Å²) >= 11 is 6.32. The number of hydrogen-bond acceptors (Lipinski definition) is 11. The first-order chi connectivity index (χ1) is 17.1. The van der Waals surface area contributed by atoms with Crippen LogP contribution in [0.4, 0.5) is 16.2 Å². The van der Waals surface area contributed by atoms with Crippen LogP contribution in [-0.2, 0) is 18.9 Å². The van der Waals surface area contributed by atoms with Gasteiger partial charge in [0.05, 0.1) is 57.5 Å². The van der Waals surface area contributed by atoms with Crippen molar-refractivity contribution in [1.82, 2.24) is 0 Å². The van der Waals surface area contributed by atoms with Crippen LogP contribution in [0.15, 0.2) is 33.2 Å². The molecule has 0 aliphatic heterocycles. The summed E-state index contributed by atoms with van der Waals surface area (Å²) in [7, 11) is 2.55. The van der Waals surface area contributed by atoms with Crippen molar-refractivity contribution in [3.8, 4) is 12.1 Å². The molecule has 36 heavy (non-hydrogen) atoms. The molecule has 0 heterocycles. The lowest BCUT2D eigenvalue weighted by molar-refractivity contribution is -0.386. The highest BCUT2D eigenvalue weighted by atomic mass is 79.9. The maximum atomic E-state index is 12.8. The van der Waals surface area contributed by atoms with E-state index in [0.29, 0.717) is 0 Å². The minimum absolute atomic E-state index is 0.00537. The van der Waals surface area contributed by atoms with E-state index in [2.05, 4.69) is 31.9 Å². The van der Waals surface area contributed by atoms with Crippen LogP contribution < -0.4 is 0 Å². The van der Waals surface area contributed by atoms with E-state index in [1.807, 2.05) is 0 Å². The fraction of sp³-hybridized carbons (Fsp3) is 0.286. The molecule has 13 nitrogen and oxygen atoms in total. The lowest BCUT2D eigenvalue weighted by Gasteiger charge is -2.22. The van der Waals surface area contributed by atoms with Gasteiger partial charge in [0.1, 0.15) is 0 Å². The maximum Gasteiger partial charge on any atom is 0.509 e. The molecule has 0 N–H and O–H groups in total. The van der Waals surface area contributed by atoms with Crippen LogP contribution in [0.2, 0.25) is 0 Å². The molecule has 188 valence electrons. The van der Waals surface area contributed by atoms with Gasteiger partial charge in [-0.2, -0.15) is 10.5 Å². The van der Waals surface area contributed by atoms with Crippen molar-refractivity contribution in [2.75, 3.05) is 27.4 Å². The lowest BCUT2D eigenvalue weighted by Crippen LogP contribution is -2.22. The van der Waals surface area contributed by atoms with Gasteiger partial charge < -0.3 is 18.9 Å². The number of ether oxygens (including phenoxy) is 4. The number of rotatable bonds is 10. The second-order valence-electron chi connectivity index (χ2n) is 6.89. The van der Waals surface area contributed by atoms with Crippen LogP contribution in [-0.4, -0.2) is 43.4 Å². The fourth-order valence-corrected chi connectivity index (χ4v) is 4.60. The number of nitriles is 2. The molecule has 0 saturated carbocycles. The van der Waals surface area contributed by atoms with E-state index in [1.54, 1.807) is 12.1 Å². The third-order valence-corrected chi connectivity index (χ3v) is 5.94. The number of hydrogen-bond donors (Lipinski definition) is 0. The van der Waals surface area contributed by atoms with Crippen LogP contribution in [0, 0.1) is 42.9 Å². The van der Waals surface area contributed by atoms with Crippen molar-refractivity contribution in [3.05, 3.63) is 75.7 Å². The van der Waals surface area contributed by atoms with Crippen LogP contribution in [0.1, 0.15) is 34.5 Å². The first-order valence-electron chi connectivity index (χ1n) is 9.68. The lowest BCUT2D eigenvalue weighted by atomic mass is 10.0. The summed E-state index contributed by atoms with van der Waals surface area (Å²) in [5.41, 5.74) is -1.20. The molecule has 2 rings (SSSR count). The molecular formula is C21H16Br2N4O9. The predicted molar refractivity (Wildman–Crippen MR) is 128 cm³/mol. The Bertz CT molecular complexity index is 1180. The van der Waals surface area contributed by atoms with E-state index in [1.165, 1.54) is 26.4 Å². The van der Waals surface area contributed by atoms with Crippen molar-refractivity contribution >= 4 is 49.4 Å². The van der Waals surface area contributed by atoms with Crippen LogP contribution in [0.3, 0.4) is 0 Å². The van der Waals surface area contributed by atoms with E-state index in [4.69, 9.17) is 29.5 Å². The summed E-state index contributed by atoms with van der Waals surface area (Å²) in [5, 5.41) is 41.5.